The minimum absolute atomic E-state index is 0.585. The summed E-state index contributed by atoms with van der Waals surface area (Å²) in [4.78, 5) is 2.51. The largest absolute Gasteiger partial charge is 0.367 e. The number of nitrogens with one attached hydrogen (secondary N) is 1. The van der Waals surface area contributed by atoms with Gasteiger partial charge in [-0.3, -0.25) is 0 Å². The molecule has 1 aliphatic rings. The molecule has 2 nitrogen and oxygen atoms in total. The topological polar surface area (TPSA) is 15.3 Å². The van der Waals surface area contributed by atoms with Crippen LogP contribution in [-0.4, -0.2) is 30.6 Å². The minimum atomic E-state index is 0.585. The van der Waals surface area contributed by atoms with Crippen LogP contribution < -0.4 is 10.2 Å². The Morgan fingerprint density at radius 3 is 3.05 bits per heavy atom. The number of benzene rings is 1. The van der Waals surface area contributed by atoms with Gasteiger partial charge in [0.1, 0.15) is 0 Å². The fourth-order valence-corrected chi connectivity index (χ4v) is 3.62. The maximum atomic E-state index is 6.19. The van der Waals surface area contributed by atoms with E-state index in [4.69, 9.17) is 11.6 Å². The number of nitrogens with zero attached hydrogens (tertiary/aromatic N) is 1. The zero-order valence-corrected chi connectivity index (χ0v) is 13.4. The molecule has 0 saturated carbocycles. The van der Waals surface area contributed by atoms with Crippen LogP contribution in [0.25, 0.3) is 0 Å². The zero-order chi connectivity index (χ0) is 13.7. The SMILES string of the molecule is CCCNCc1ccc(Cl)cc1N1CCSCC1C. The van der Waals surface area contributed by atoms with Gasteiger partial charge < -0.3 is 10.2 Å². The van der Waals surface area contributed by atoms with Gasteiger partial charge in [0, 0.05) is 41.3 Å². The Balaban J connectivity index is 2.18. The molecule has 0 bridgehead atoms. The fraction of sp³-hybridized carbons (Fsp3) is 0.600. The molecule has 1 unspecified atom stereocenters. The summed E-state index contributed by atoms with van der Waals surface area (Å²) in [5, 5.41) is 4.32. The summed E-state index contributed by atoms with van der Waals surface area (Å²) in [5.74, 6) is 2.41. The minimum Gasteiger partial charge on any atom is -0.367 e. The molecular formula is C15H23ClN2S. The van der Waals surface area contributed by atoms with Crippen molar-refractivity contribution in [3.63, 3.8) is 0 Å². The fourth-order valence-electron chi connectivity index (χ4n) is 2.44. The van der Waals surface area contributed by atoms with E-state index >= 15 is 0 Å². The van der Waals surface area contributed by atoms with E-state index in [0.29, 0.717) is 6.04 Å². The molecule has 2 rings (SSSR count). The van der Waals surface area contributed by atoms with Crippen LogP contribution in [0.15, 0.2) is 18.2 Å². The average molecular weight is 299 g/mol. The zero-order valence-electron chi connectivity index (χ0n) is 11.8. The molecule has 1 saturated heterocycles. The molecule has 0 amide bonds. The molecule has 1 aliphatic heterocycles. The van der Waals surface area contributed by atoms with Crippen molar-refractivity contribution < 1.29 is 0 Å². The molecule has 0 spiro atoms. The third kappa shape index (κ3) is 4.04. The van der Waals surface area contributed by atoms with E-state index in [0.717, 1.165) is 24.7 Å². The second-order valence-electron chi connectivity index (χ2n) is 5.07. The molecule has 1 heterocycles. The molecule has 1 fully saturated rings. The molecule has 0 radical (unpaired) electrons. The van der Waals surface area contributed by atoms with E-state index in [2.05, 4.69) is 36.2 Å². The van der Waals surface area contributed by atoms with Gasteiger partial charge in [-0.15, -0.1) is 0 Å². The van der Waals surface area contributed by atoms with Crippen molar-refractivity contribution in [3.05, 3.63) is 28.8 Å². The number of thioether (sulfide) groups is 1. The first-order valence-electron chi connectivity index (χ1n) is 7.06. The van der Waals surface area contributed by atoms with Crippen LogP contribution in [0.1, 0.15) is 25.8 Å². The Bertz CT molecular complexity index is 411. The van der Waals surface area contributed by atoms with Crippen molar-refractivity contribution in [3.8, 4) is 0 Å². The Morgan fingerprint density at radius 2 is 2.32 bits per heavy atom. The van der Waals surface area contributed by atoms with Crippen molar-refractivity contribution in [2.75, 3.05) is 29.5 Å². The first kappa shape index (κ1) is 15.0. The van der Waals surface area contributed by atoms with Crippen molar-refractivity contribution >= 4 is 29.1 Å². The summed E-state index contributed by atoms with van der Waals surface area (Å²) in [5.41, 5.74) is 2.67. The average Bonchev–Trinajstić information content (AvgIpc) is 2.41. The van der Waals surface area contributed by atoms with Crippen LogP contribution in [0.4, 0.5) is 5.69 Å². The molecular weight excluding hydrogens is 276 g/mol. The maximum Gasteiger partial charge on any atom is 0.0429 e. The smallest absolute Gasteiger partial charge is 0.0429 e. The third-order valence-corrected chi connectivity index (χ3v) is 4.89. The lowest BCUT2D eigenvalue weighted by Crippen LogP contribution is -2.41. The second kappa shape index (κ2) is 7.41. The molecule has 1 aromatic carbocycles. The predicted molar refractivity (Wildman–Crippen MR) is 87.6 cm³/mol. The van der Waals surface area contributed by atoms with Gasteiger partial charge in [-0.2, -0.15) is 11.8 Å². The van der Waals surface area contributed by atoms with Crippen molar-refractivity contribution in [2.45, 2.75) is 32.9 Å². The van der Waals surface area contributed by atoms with Crippen LogP contribution >= 0.6 is 23.4 Å². The van der Waals surface area contributed by atoms with Crippen LogP contribution in [0.3, 0.4) is 0 Å². The van der Waals surface area contributed by atoms with Crippen molar-refractivity contribution in [1.29, 1.82) is 0 Å². The monoisotopic (exact) mass is 298 g/mol. The summed E-state index contributed by atoms with van der Waals surface area (Å²) in [6, 6.07) is 6.87. The predicted octanol–water partition coefficient (Wildman–Crippen LogP) is 3.78. The van der Waals surface area contributed by atoms with Crippen LogP contribution in [0.2, 0.25) is 5.02 Å². The van der Waals surface area contributed by atoms with Crippen molar-refractivity contribution in [1.82, 2.24) is 5.32 Å². The molecule has 4 heteroatoms. The van der Waals surface area contributed by atoms with E-state index < -0.39 is 0 Å². The van der Waals surface area contributed by atoms with E-state index in [1.54, 1.807) is 0 Å². The first-order chi connectivity index (χ1) is 9.22. The maximum absolute atomic E-state index is 6.19. The summed E-state index contributed by atoms with van der Waals surface area (Å²) >= 11 is 8.24. The Morgan fingerprint density at radius 1 is 1.47 bits per heavy atom. The molecule has 1 aromatic rings. The van der Waals surface area contributed by atoms with Crippen LogP contribution in [-0.2, 0) is 6.54 Å². The summed E-state index contributed by atoms with van der Waals surface area (Å²) in [6.07, 6.45) is 1.17. The van der Waals surface area contributed by atoms with Gasteiger partial charge in [0.05, 0.1) is 0 Å². The van der Waals surface area contributed by atoms with E-state index in [9.17, 15) is 0 Å². The molecule has 106 valence electrons. The normalized spacial score (nSPS) is 19.7. The van der Waals surface area contributed by atoms with Crippen LogP contribution in [0.5, 0.6) is 0 Å². The third-order valence-electron chi connectivity index (χ3n) is 3.47. The molecule has 1 atom stereocenters. The highest BCUT2D eigenvalue weighted by molar-refractivity contribution is 7.99. The highest BCUT2D eigenvalue weighted by atomic mass is 35.5. The first-order valence-corrected chi connectivity index (χ1v) is 8.59. The summed E-state index contributed by atoms with van der Waals surface area (Å²) in [7, 11) is 0. The summed E-state index contributed by atoms with van der Waals surface area (Å²) in [6.45, 7) is 7.60. The van der Waals surface area contributed by atoms with E-state index in [1.165, 1.54) is 29.2 Å². The highest BCUT2D eigenvalue weighted by Gasteiger charge is 2.21. The number of anilines is 1. The Labute approximate surface area is 125 Å². The van der Waals surface area contributed by atoms with E-state index in [-0.39, 0.29) is 0 Å². The number of rotatable bonds is 5. The lowest BCUT2D eigenvalue weighted by Gasteiger charge is -2.36. The van der Waals surface area contributed by atoms with Gasteiger partial charge in [-0.05, 0) is 37.6 Å². The number of halogens is 1. The van der Waals surface area contributed by atoms with Crippen LogP contribution in [0, 0.1) is 0 Å². The number of hydrogen-bond donors (Lipinski definition) is 1. The number of hydrogen-bond acceptors (Lipinski definition) is 3. The van der Waals surface area contributed by atoms with Gasteiger partial charge in [0.15, 0.2) is 0 Å². The molecule has 0 aliphatic carbocycles. The molecule has 1 N–H and O–H groups in total. The lowest BCUT2D eigenvalue weighted by molar-refractivity contribution is 0.660. The Hall–Kier alpha value is -0.380. The lowest BCUT2D eigenvalue weighted by atomic mass is 10.1. The van der Waals surface area contributed by atoms with Gasteiger partial charge in [-0.1, -0.05) is 24.6 Å². The van der Waals surface area contributed by atoms with Gasteiger partial charge in [0.2, 0.25) is 0 Å². The van der Waals surface area contributed by atoms with Crippen molar-refractivity contribution in [2.24, 2.45) is 0 Å². The van der Waals surface area contributed by atoms with E-state index in [1.807, 2.05) is 17.8 Å². The second-order valence-corrected chi connectivity index (χ2v) is 6.65. The molecule has 19 heavy (non-hydrogen) atoms. The van der Waals surface area contributed by atoms with Gasteiger partial charge >= 0.3 is 0 Å². The van der Waals surface area contributed by atoms with Gasteiger partial charge in [0.25, 0.3) is 0 Å². The summed E-state index contributed by atoms with van der Waals surface area (Å²) < 4.78 is 0. The van der Waals surface area contributed by atoms with Gasteiger partial charge in [-0.25, -0.2) is 0 Å². The highest BCUT2D eigenvalue weighted by Crippen LogP contribution is 2.29. The standard InChI is InChI=1S/C15H23ClN2S/c1-3-6-17-10-13-4-5-14(16)9-15(13)18-7-8-19-11-12(18)2/h4-5,9,12,17H,3,6-8,10-11H2,1-2H3. The molecule has 0 aromatic heterocycles. The Kier molecular flexibility index (Phi) is 5.86. The quantitative estimate of drug-likeness (QED) is 0.833.